The van der Waals surface area contributed by atoms with Crippen LogP contribution in [0.3, 0.4) is 0 Å². The number of methoxy groups -OCH3 is 1. The number of nitrogens with zero attached hydrogens (tertiary/aromatic N) is 3. The van der Waals surface area contributed by atoms with E-state index >= 15 is 8.78 Å². The zero-order chi connectivity index (χ0) is 37.1. The average Bonchev–Trinajstić information content (AvgIpc) is 3.56. The fraction of sp³-hybridized carbons (Fsp3) is 0.361. The van der Waals surface area contributed by atoms with Gasteiger partial charge in [0.1, 0.15) is 18.0 Å². The number of rotatable bonds is 8. The Morgan fingerprint density at radius 1 is 1.08 bits per heavy atom. The third-order valence-corrected chi connectivity index (χ3v) is 11.0. The molecule has 52 heavy (non-hydrogen) atoms. The van der Waals surface area contributed by atoms with E-state index in [1.165, 1.54) is 35.2 Å². The molecule has 2 aliphatic heterocycles. The lowest BCUT2D eigenvalue weighted by atomic mass is 9.87. The van der Waals surface area contributed by atoms with Crippen LogP contribution in [0.5, 0.6) is 5.75 Å². The van der Waals surface area contributed by atoms with Gasteiger partial charge in [0, 0.05) is 35.5 Å². The number of halogens is 2. The summed E-state index contributed by atoms with van der Waals surface area (Å²) in [5.74, 6) is -3.83. The molecule has 4 aromatic rings. The van der Waals surface area contributed by atoms with Gasteiger partial charge in [0.05, 0.1) is 39.2 Å². The molecule has 1 fully saturated rings. The fourth-order valence-electron chi connectivity index (χ4n) is 7.04. The van der Waals surface area contributed by atoms with Gasteiger partial charge >= 0.3 is 13.7 Å². The lowest BCUT2D eigenvalue weighted by Gasteiger charge is -2.51. The van der Waals surface area contributed by atoms with Crippen molar-refractivity contribution in [3.05, 3.63) is 99.7 Å². The second-order valence-corrected chi connectivity index (χ2v) is 15.3. The van der Waals surface area contributed by atoms with E-state index in [1.807, 2.05) is 6.07 Å². The van der Waals surface area contributed by atoms with Gasteiger partial charge in [-0.1, -0.05) is 51.1 Å². The average molecular weight is 739 g/mol. The topological polar surface area (TPSA) is 142 Å². The van der Waals surface area contributed by atoms with Crippen LogP contribution in [0.1, 0.15) is 55.4 Å². The molecule has 16 heteroatoms. The summed E-state index contributed by atoms with van der Waals surface area (Å²) in [6, 6.07) is 10.3. The van der Waals surface area contributed by atoms with E-state index in [4.69, 9.17) is 22.9 Å². The molecule has 0 spiro atoms. The third-order valence-electron chi connectivity index (χ3n) is 9.38. The number of benzene rings is 2. The maximum atomic E-state index is 16.0. The number of pyridine rings is 1. The highest BCUT2D eigenvalue weighted by atomic mass is 31.2. The van der Waals surface area contributed by atoms with Crippen LogP contribution in [-0.4, -0.2) is 67.1 Å². The van der Waals surface area contributed by atoms with Gasteiger partial charge in [-0.05, 0) is 35.6 Å². The summed E-state index contributed by atoms with van der Waals surface area (Å²) < 4.78 is 75.2. The Balaban J connectivity index is 1.46. The number of aromatic nitrogens is 1. The summed E-state index contributed by atoms with van der Waals surface area (Å²) in [4.78, 5) is 42.5. The largest absolute Gasteiger partial charge is 0.468 e. The van der Waals surface area contributed by atoms with E-state index in [9.17, 15) is 18.9 Å². The highest BCUT2D eigenvalue weighted by Gasteiger charge is 2.49. The van der Waals surface area contributed by atoms with Gasteiger partial charge in [0.2, 0.25) is 11.2 Å². The SMILES string of the molecule is CCOP(=O)(N[C@@H](C(=O)OC)C(C)(C)C)Oc1c2n(ccc1=O)N(C1c3ccccc3-c3occc3-c3c1ccc(F)c3F)C1COCCN1C2=O. The van der Waals surface area contributed by atoms with Crippen LogP contribution in [0.2, 0.25) is 0 Å². The number of hydrogen-bond acceptors (Lipinski definition) is 10. The molecule has 2 aromatic heterocycles. The number of fused-ring (bicyclic) bond motifs is 7. The van der Waals surface area contributed by atoms with Crippen LogP contribution in [-0.2, 0) is 23.4 Å². The molecule has 4 atom stereocenters. The molecule has 3 aliphatic rings. The first-order valence-corrected chi connectivity index (χ1v) is 18.2. The summed E-state index contributed by atoms with van der Waals surface area (Å²) >= 11 is 0. The third kappa shape index (κ3) is 5.81. The van der Waals surface area contributed by atoms with Gasteiger partial charge in [-0.2, -0.15) is 5.09 Å². The molecule has 13 nitrogen and oxygen atoms in total. The zero-order valence-electron chi connectivity index (χ0n) is 29.1. The van der Waals surface area contributed by atoms with Crippen LogP contribution >= 0.6 is 7.75 Å². The first kappa shape index (κ1) is 35.6. The lowest BCUT2D eigenvalue weighted by Crippen LogP contribution is -2.66. The van der Waals surface area contributed by atoms with Gasteiger partial charge in [-0.25, -0.2) is 13.3 Å². The summed E-state index contributed by atoms with van der Waals surface area (Å²) in [5, 5.41) is 4.38. The van der Waals surface area contributed by atoms with Crippen molar-refractivity contribution in [3.63, 3.8) is 0 Å². The number of amides is 1. The van der Waals surface area contributed by atoms with Crippen LogP contribution in [0, 0.1) is 17.0 Å². The number of ether oxygens (including phenoxy) is 2. The highest BCUT2D eigenvalue weighted by Crippen LogP contribution is 2.51. The molecule has 1 aliphatic carbocycles. The number of morpholine rings is 1. The molecule has 0 bridgehead atoms. The van der Waals surface area contributed by atoms with Crippen molar-refractivity contribution in [1.82, 2.24) is 14.7 Å². The van der Waals surface area contributed by atoms with E-state index in [2.05, 4.69) is 5.09 Å². The first-order chi connectivity index (χ1) is 24.8. The van der Waals surface area contributed by atoms with Gasteiger partial charge in [0.25, 0.3) is 5.91 Å². The van der Waals surface area contributed by atoms with Crippen LogP contribution < -0.4 is 20.0 Å². The minimum atomic E-state index is -4.59. The molecule has 7 rings (SSSR count). The second-order valence-electron chi connectivity index (χ2n) is 13.6. The molecule has 1 saturated heterocycles. The standard InChI is InChI=1S/C36H37F2N4O9P/c1-6-50-52(46,39-33(35(45)47-5)36(2,3)4)51-32-25(43)13-15-41-30(32)34(44)40-16-18-48-19-26(40)42(41)29-20-9-7-8-10-21(20)31-23(14-17-49-31)27-22(29)11-12-24(37)28(27)38/h7-15,17,26,29,33H,6,16,18-19H2,1-5H3,(H,39,46)/t26?,29?,33-,52?/m0/s1. The lowest BCUT2D eigenvalue weighted by molar-refractivity contribution is -0.145. The monoisotopic (exact) mass is 738 g/mol. The van der Waals surface area contributed by atoms with Crippen molar-refractivity contribution in [1.29, 1.82) is 0 Å². The van der Waals surface area contributed by atoms with E-state index in [1.54, 1.807) is 57.0 Å². The van der Waals surface area contributed by atoms with Crippen molar-refractivity contribution < 1.29 is 45.9 Å². The molecule has 1 N–H and O–H groups in total. The van der Waals surface area contributed by atoms with Crippen molar-refractivity contribution in [3.8, 4) is 28.2 Å². The van der Waals surface area contributed by atoms with Gasteiger partial charge in [-0.3, -0.25) is 28.6 Å². The molecular formula is C36H37F2N4O9P. The van der Waals surface area contributed by atoms with E-state index in [0.29, 0.717) is 28.0 Å². The number of hydrogen-bond donors (Lipinski definition) is 1. The van der Waals surface area contributed by atoms with Crippen molar-refractivity contribution >= 4 is 19.6 Å². The normalized spacial score (nSPS) is 19.6. The van der Waals surface area contributed by atoms with Crippen molar-refractivity contribution in [2.75, 3.05) is 38.5 Å². The summed E-state index contributed by atoms with van der Waals surface area (Å²) in [5.41, 5.74) is -0.126. The Labute approximate surface area is 297 Å². The molecule has 0 radical (unpaired) electrons. The Bertz CT molecular complexity index is 2180. The van der Waals surface area contributed by atoms with E-state index in [-0.39, 0.29) is 37.6 Å². The van der Waals surface area contributed by atoms with E-state index < -0.39 is 66.1 Å². The van der Waals surface area contributed by atoms with Gasteiger partial charge in [-0.15, -0.1) is 0 Å². The minimum Gasteiger partial charge on any atom is -0.468 e. The minimum absolute atomic E-state index is 0.0140. The molecule has 274 valence electrons. The molecule has 4 heterocycles. The number of esters is 1. The number of nitrogens with one attached hydrogen (secondary N) is 1. The van der Waals surface area contributed by atoms with Gasteiger partial charge in [0.15, 0.2) is 17.3 Å². The zero-order valence-corrected chi connectivity index (χ0v) is 29.9. The number of carbonyl (C=O) groups is 2. The highest BCUT2D eigenvalue weighted by molar-refractivity contribution is 7.52. The predicted molar refractivity (Wildman–Crippen MR) is 184 cm³/mol. The maximum Gasteiger partial charge on any atom is 0.459 e. The van der Waals surface area contributed by atoms with Crippen molar-refractivity contribution in [2.45, 2.75) is 45.9 Å². The molecule has 2 aromatic carbocycles. The van der Waals surface area contributed by atoms with Crippen LogP contribution in [0.15, 0.2) is 70.2 Å². The summed E-state index contributed by atoms with van der Waals surface area (Å²) in [6.07, 6.45) is 1.95. The molecular weight excluding hydrogens is 701 g/mol. The van der Waals surface area contributed by atoms with Crippen LogP contribution in [0.4, 0.5) is 8.78 Å². The quantitative estimate of drug-likeness (QED) is 0.178. The summed E-state index contributed by atoms with van der Waals surface area (Å²) in [7, 11) is -3.41. The fourth-order valence-corrected chi connectivity index (χ4v) is 8.79. The Morgan fingerprint density at radius 2 is 1.85 bits per heavy atom. The van der Waals surface area contributed by atoms with Crippen molar-refractivity contribution in [2.24, 2.45) is 5.41 Å². The summed E-state index contributed by atoms with van der Waals surface area (Å²) in [6.45, 7) is 6.79. The Kier molecular flexibility index (Phi) is 9.10. The molecule has 0 saturated carbocycles. The predicted octanol–water partition coefficient (Wildman–Crippen LogP) is 5.61. The number of carbonyl (C=O) groups excluding carboxylic acids is 2. The van der Waals surface area contributed by atoms with Gasteiger partial charge < -0.3 is 23.3 Å². The Hall–Kier alpha value is -4.82. The smallest absolute Gasteiger partial charge is 0.459 e. The van der Waals surface area contributed by atoms with E-state index in [0.717, 1.165) is 12.1 Å². The first-order valence-electron chi connectivity index (χ1n) is 16.7. The number of furan rings is 1. The molecule has 3 unspecified atom stereocenters. The second kappa shape index (κ2) is 13.3. The maximum absolute atomic E-state index is 16.0. The molecule has 1 amide bonds. The van der Waals surface area contributed by atoms with Crippen LogP contribution in [0.25, 0.3) is 22.5 Å². The Morgan fingerprint density at radius 3 is 2.58 bits per heavy atom.